The standard InChI is InChI=1S/C19H29FN6O14P2S/c1-3-19(35-2)14(31)8(37-18(19)26-16-9(24-25-26)15(21)22-6-23-16)5-36-42(34,43)40-41(32,33)39-17-12(30)10(28)11(29)13(38-17)7(20)4-27/h3,6-8,10-14,17-18,27-31H,1,4-5H2,2H3,(H,32,33)(H,34,43)(H2,21,22,23)/t7-,8+,10?,11?,12?,13?,14+,17?,18+,19+,42?/m0/s1. The van der Waals surface area contributed by atoms with Gasteiger partial charge in [-0.25, -0.2) is 23.2 Å². The average molecular weight is 678 g/mol. The van der Waals surface area contributed by atoms with E-state index in [1.807, 2.05) is 0 Å². The van der Waals surface area contributed by atoms with Gasteiger partial charge in [0, 0.05) is 7.11 Å². The first kappa shape index (κ1) is 34.2. The Hall–Kier alpha value is -1.69. The molecule has 0 aliphatic carbocycles. The van der Waals surface area contributed by atoms with Crippen molar-refractivity contribution in [1.29, 1.82) is 0 Å². The number of hydrogen-bond acceptors (Lipinski definition) is 18. The Labute approximate surface area is 246 Å². The van der Waals surface area contributed by atoms with E-state index in [0.717, 1.165) is 11.0 Å². The van der Waals surface area contributed by atoms with Gasteiger partial charge in [-0.3, -0.25) is 4.52 Å². The molecule has 24 heteroatoms. The molecule has 2 aromatic heterocycles. The van der Waals surface area contributed by atoms with Gasteiger partial charge in [-0.15, -0.1) is 5.10 Å². The summed E-state index contributed by atoms with van der Waals surface area (Å²) in [5, 5.41) is 57.8. The number of ether oxygens (including phenoxy) is 3. The summed E-state index contributed by atoms with van der Waals surface area (Å²) >= 11 is 4.77. The first-order chi connectivity index (χ1) is 20.1. The van der Waals surface area contributed by atoms with Crippen LogP contribution in [-0.4, -0.2) is 135 Å². The normalized spacial score (nSPS) is 36.7. The van der Waals surface area contributed by atoms with Crippen LogP contribution in [0.25, 0.3) is 11.2 Å². The van der Waals surface area contributed by atoms with Crippen LogP contribution in [0.2, 0.25) is 0 Å². The van der Waals surface area contributed by atoms with Crippen molar-refractivity contribution < 1.29 is 71.8 Å². The molecule has 2 saturated heterocycles. The lowest BCUT2D eigenvalue weighted by molar-refractivity contribution is -0.287. The zero-order valence-corrected chi connectivity index (χ0v) is 24.6. The Morgan fingerprint density at radius 3 is 2.58 bits per heavy atom. The van der Waals surface area contributed by atoms with Crippen LogP contribution in [0.3, 0.4) is 0 Å². The summed E-state index contributed by atoms with van der Waals surface area (Å²) in [7, 11) is -4.28. The molecule has 0 saturated carbocycles. The van der Waals surface area contributed by atoms with E-state index in [1.165, 1.54) is 13.2 Å². The number of methoxy groups -OCH3 is 1. The second-order valence-electron chi connectivity index (χ2n) is 9.26. The van der Waals surface area contributed by atoms with E-state index >= 15 is 0 Å². The maximum absolute atomic E-state index is 14.0. The molecule has 0 bridgehead atoms. The van der Waals surface area contributed by atoms with Gasteiger partial charge in [-0.05, 0) is 11.8 Å². The fraction of sp³-hybridized carbons (Fsp3) is 0.684. The van der Waals surface area contributed by atoms with Crippen LogP contribution in [0.1, 0.15) is 6.23 Å². The van der Waals surface area contributed by atoms with E-state index in [2.05, 4.69) is 35.7 Å². The number of hydrogen-bond donors (Lipinski definition) is 8. The summed E-state index contributed by atoms with van der Waals surface area (Å²) in [5.41, 5.74) is 4.32. The maximum Gasteiger partial charge on any atom is 0.481 e. The summed E-state index contributed by atoms with van der Waals surface area (Å²) in [6.07, 6.45) is -14.8. The highest BCUT2D eigenvalue weighted by molar-refractivity contribution is 8.08. The minimum Gasteiger partial charge on any atom is -0.393 e. The number of aliphatic hydroxyl groups excluding tert-OH is 5. The van der Waals surface area contributed by atoms with Crippen molar-refractivity contribution in [2.24, 2.45) is 0 Å². The van der Waals surface area contributed by atoms with E-state index in [4.69, 9.17) is 41.4 Å². The minimum atomic E-state index is -5.51. The molecule has 9 N–H and O–H groups in total. The predicted molar refractivity (Wildman–Crippen MR) is 140 cm³/mol. The van der Waals surface area contributed by atoms with Crippen molar-refractivity contribution in [3.05, 3.63) is 19.0 Å². The van der Waals surface area contributed by atoms with E-state index in [9.17, 15) is 39.2 Å². The first-order valence-electron chi connectivity index (χ1n) is 12.1. The van der Waals surface area contributed by atoms with Gasteiger partial charge in [-0.2, -0.15) is 4.68 Å². The summed E-state index contributed by atoms with van der Waals surface area (Å²) in [4.78, 5) is 28.5. The highest BCUT2D eigenvalue weighted by Crippen LogP contribution is 2.62. The molecule has 0 amide bonds. The largest absolute Gasteiger partial charge is 0.481 e. The molecule has 4 rings (SSSR count). The Morgan fingerprint density at radius 2 is 1.95 bits per heavy atom. The average Bonchev–Trinajstić information content (AvgIpc) is 3.50. The molecule has 20 nitrogen and oxygen atoms in total. The third kappa shape index (κ3) is 6.65. The molecule has 7 unspecified atom stereocenters. The maximum atomic E-state index is 14.0. The van der Waals surface area contributed by atoms with Crippen LogP contribution in [0, 0.1) is 0 Å². The summed E-state index contributed by atoms with van der Waals surface area (Å²) in [6.45, 7) is -3.00. The summed E-state index contributed by atoms with van der Waals surface area (Å²) in [6, 6.07) is 0. The molecule has 4 heterocycles. The lowest BCUT2D eigenvalue weighted by Gasteiger charge is -2.41. The summed E-state index contributed by atoms with van der Waals surface area (Å²) < 4.78 is 58.2. The molecule has 43 heavy (non-hydrogen) atoms. The van der Waals surface area contributed by atoms with Crippen LogP contribution in [0.5, 0.6) is 0 Å². The van der Waals surface area contributed by atoms with Crippen LogP contribution < -0.4 is 5.73 Å². The van der Waals surface area contributed by atoms with Crippen LogP contribution in [0.15, 0.2) is 19.0 Å². The second kappa shape index (κ2) is 13.0. The number of phosphoric ester groups is 1. The minimum absolute atomic E-state index is 0.00957. The quantitative estimate of drug-likeness (QED) is 0.0827. The zero-order valence-electron chi connectivity index (χ0n) is 22.0. The molecule has 2 aliphatic rings. The smallest absolute Gasteiger partial charge is 0.393 e. The molecule has 12 atom stereocenters. The van der Waals surface area contributed by atoms with Crippen LogP contribution in [0.4, 0.5) is 10.2 Å². The van der Waals surface area contributed by atoms with Gasteiger partial charge in [0.25, 0.3) is 0 Å². The Balaban J connectivity index is 1.46. The van der Waals surface area contributed by atoms with E-state index < -0.39 is 88.7 Å². The van der Waals surface area contributed by atoms with Crippen molar-refractivity contribution in [3.8, 4) is 0 Å². The lowest BCUT2D eigenvalue weighted by Crippen LogP contribution is -2.60. The topological polar surface area (TPSA) is 297 Å². The number of nitrogens with zero attached hydrogens (tertiary/aromatic N) is 5. The van der Waals surface area contributed by atoms with Crippen LogP contribution in [-0.2, 0) is 43.9 Å². The molecule has 0 aromatic carbocycles. The van der Waals surface area contributed by atoms with Crippen molar-refractivity contribution in [3.63, 3.8) is 0 Å². The number of halogens is 1. The Morgan fingerprint density at radius 1 is 1.26 bits per heavy atom. The number of nitrogens with two attached hydrogens (primary N) is 1. The Bertz CT molecular complexity index is 1410. The predicted octanol–water partition coefficient (Wildman–Crippen LogP) is -2.86. The van der Waals surface area contributed by atoms with E-state index in [1.54, 1.807) is 0 Å². The fourth-order valence-electron chi connectivity index (χ4n) is 4.46. The third-order valence-corrected chi connectivity index (χ3v) is 10.2. The number of aromatic nitrogens is 5. The van der Waals surface area contributed by atoms with Crippen LogP contribution >= 0.6 is 14.5 Å². The first-order valence-corrected chi connectivity index (χ1v) is 16.2. The molecule has 0 spiro atoms. The zero-order chi connectivity index (χ0) is 31.9. The number of alkyl halides is 1. The number of phosphoric acid groups is 1. The fourth-order valence-corrected chi connectivity index (χ4v) is 7.56. The highest BCUT2D eigenvalue weighted by atomic mass is 32.5. The van der Waals surface area contributed by atoms with Crippen molar-refractivity contribution in [2.45, 2.75) is 60.9 Å². The number of nitrogen functional groups attached to an aromatic ring is 1. The van der Waals surface area contributed by atoms with Crippen molar-refractivity contribution in [1.82, 2.24) is 25.0 Å². The van der Waals surface area contributed by atoms with Crippen molar-refractivity contribution >= 4 is 43.3 Å². The summed E-state index contributed by atoms with van der Waals surface area (Å²) in [5.74, 6) is 0.00957. The number of rotatable bonds is 12. The van der Waals surface area contributed by atoms with Crippen molar-refractivity contribution in [2.75, 3.05) is 26.1 Å². The van der Waals surface area contributed by atoms with Gasteiger partial charge in [0.1, 0.15) is 43.0 Å². The lowest BCUT2D eigenvalue weighted by atomic mass is 9.94. The molecular formula is C19H29FN6O14P2S. The number of anilines is 1. The molecule has 242 valence electrons. The number of aliphatic hydroxyl groups is 5. The van der Waals surface area contributed by atoms with Gasteiger partial charge in [0.05, 0.1) is 13.2 Å². The molecule has 2 aliphatic heterocycles. The molecule has 2 fully saturated rings. The Kier molecular flexibility index (Phi) is 10.3. The molecule has 2 aromatic rings. The highest BCUT2D eigenvalue weighted by Gasteiger charge is 2.58. The van der Waals surface area contributed by atoms with E-state index in [-0.39, 0.29) is 17.0 Å². The molecule has 0 radical (unpaired) electrons. The van der Waals surface area contributed by atoms with Gasteiger partial charge >= 0.3 is 14.5 Å². The van der Waals surface area contributed by atoms with E-state index in [0.29, 0.717) is 0 Å². The van der Waals surface area contributed by atoms with Gasteiger partial charge < -0.3 is 59.8 Å². The molecular weight excluding hydrogens is 649 g/mol. The SMILES string of the molecule is C=C[C@@]1(OC)[C@H](O)[C@@H](COP(O)(=S)OP(=O)(O)OC2OC([C@@H](F)CO)C(O)C(O)C2O)O[C@H]1n1nnc2c(N)ncnc21. The second-order valence-corrected chi connectivity index (χ2v) is 13.6. The van der Waals surface area contributed by atoms with Gasteiger partial charge in [0.15, 0.2) is 41.3 Å². The third-order valence-electron chi connectivity index (χ3n) is 6.67. The van der Waals surface area contributed by atoms with Gasteiger partial charge in [-0.1, -0.05) is 17.9 Å². The number of fused-ring (bicyclic) bond motifs is 1. The monoisotopic (exact) mass is 678 g/mol. The van der Waals surface area contributed by atoms with Gasteiger partial charge in [0.2, 0.25) is 0 Å².